The molecular weight excluding hydrogens is 228 g/mol. The second-order valence-corrected chi connectivity index (χ2v) is 4.41. The first-order valence-electron chi connectivity index (χ1n) is 5.35. The third-order valence-corrected chi connectivity index (χ3v) is 3.09. The van der Waals surface area contributed by atoms with Gasteiger partial charge in [-0.3, -0.25) is 0 Å². The molecule has 3 rings (SSSR count). The SMILES string of the molecule is Cc1c[c-]c2c(c1)-c1cc(C)ccc1C2.[Ti]. The third kappa shape index (κ3) is 1.77. The van der Waals surface area contributed by atoms with Crippen molar-refractivity contribution < 1.29 is 21.7 Å². The molecular formula is C15H13Ti-. The molecule has 0 atom stereocenters. The Hall–Kier alpha value is -0.846. The van der Waals surface area contributed by atoms with Crippen molar-refractivity contribution in [1.82, 2.24) is 0 Å². The molecule has 0 amide bonds. The summed E-state index contributed by atoms with van der Waals surface area (Å²) in [6.45, 7) is 4.28. The molecule has 0 N–H and O–H groups in total. The van der Waals surface area contributed by atoms with Crippen LogP contribution >= 0.6 is 0 Å². The molecule has 0 fully saturated rings. The Morgan fingerprint density at radius 3 is 2.56 bits per heavy atom. The summed E-state index contributed by atoms with van der Waals surface area (Å²) in [6, 6.07) is 14.5. The van der Waals surface area contributed by atoms with Gasteiger partial charge in [0.25, 0.3) is 0 Å². The molecule has 0 spiro atoms. The van der Waals surface area contributed by atoms with E-state index in [1.54, 1.807) is 0 Å². The zero-order valence-corrected chi connectivity index (χ0v) is 11.2. The van der Waals surface area contributed by atoms with Gasteiger partial charge in [0, 0.05) is 21.7 Å². The molecule has 0 bridgehead atoms. The normalized spacial score (nSPS) is 11.6. The zero-order valence-electron chi connectivity index (χ0n) is 9.59. The van der Waals surface area contributed by atoms with Crippen LogP contribution in [0.4, 0.5) is 0 Å². The van der Waals surface area contributed by atoms with E-state index in [9.17, 15) is 0 Å². The summed E-state index contributed by atoms with van der Waals surface area (Å²) < 4.78 is 0. The van der Waals surface area contributed by atoms with E-state index in [0.717, 1.165) is 6.42 Å². The average Bonchev–Trinajstić information content (AvgIpc) is 2.56. The fourth-order valence-electron chi connectivity index (χ4n) is 2.31. The average molecular weight is 241 g/mol. The van der Waals surface area contributed by atoms with Gasteiger partial charge in [0.1, 0.15) is 0 Å². The molecule has 0 nitrogen and oxygen atoms in total. The number of benzene rings is 2. The van der Waals surface area contributed by atoms with Crippen molar-refractivity contribution in [2.24, 2.45) is 0 Å². The molecule has 0 unspecified atom stereocenters. The predicted molar refractivity (Wildman–Crippen MR) is 63.0 cm³/mol. The van der Waals surface area contributed by atoms with Gasteiger partial charge < -0.3 is 0 Å². The molecule has 16 heavy (non-hydrogen) atoms. The molecule has 0 aromatic heterocycles. The van der Waals surface area contributed by atoms with E-state index in [1.807, 2.05) is 0 Å². The second kappa shape index (κ2) is 4.20. The first-order chi connectivity index (χ1) is 7.24. The van der Waals surface area contributed by atoms with Crippen LogP contribution in [0.2, 0.25) is 0 Å². The Kier molecular flexibility index (Phi) is 3.05. The van der Waals surface area contributed by atoms with Crippen molar-refractivity contribution >= 4 is 0 Å². The van der Waals surface area contributed by atoms with Gasteiger partial charge in [-0.25, -0.2) is 0 Å². The van der Waals surface area contributed by atoms with E-state index >= 15 is 0 Å². The van der Waals surface area contributed by atoms with Crippen LogP contribution in [0.5, 0.6) is 0 Å². The summed E-state index contributed by atoms with van der Waals surface area (Å²) in [5, 5.41) is 0. The minimum atomic E-state index is 0. The van der Waals surface area contributed by atoms with Crippen LogP contribution in [0.15, 0.2) is 30.3 Å². The largest absolute Gasteiger partial charge is 0.179 e. The van der Waals surface area contributed by atoms with E-state index in [-0.39, 0.29) is 21.7 Å². The number of rotatable bonds is 0. The van der Waals surface area contributed by atoms with Crippen molar-refractivity contribution in [2.75, 3.05) is 0 Å². The van der Waals surface area contributed by atoms with E-state index in [4.69, 9.17) is 0 Å². The van der Waals surface area contributed by atoms with Crippen LogP contribution in [0, 0.1) is 19.9 Å². The molecule has 0 heterocycles. The first kappa shape index (κ1) is 11.6. The predicted octanol–water partition coefficient (Wildman–Crippen LogP) is 3.67. The van der Waals surface area contributed by atoms with Crippen LogP contribution in [0.25, 0.3) is 11.1 Å². The molecule has 0 saturated carbocycles. The zero-order chi connectivity index (χ0) is 10.4. The van der Waals surface area contributed by atoms with Gasteiger partial charge in [0.2, 0.25) is 0 Å². The Labute approximate surface area is 112 Å². The number of fused-ring (bicyclic) bond motifs is 3. The van der Waals surface area contributed by atoms with Gasteiger partial charge in [-0.1, -0.05) is 41.8 Å². The molecule has 1 aliphatic carbocycles. The third-order valence-electron chi connectivity index (χ3n) is 3.09. The van der Waals surface area contributed by atoms with Gasteiger partial charge in [-0.15, -0.1) is 5.56 Å². The maximum absolute atomic E-state index is 3.38. The van der Waals surface area contributed by atoms with Gasteiger partial charge in [-0.05, 0) is 13.3 Å². The van der Waals surface area contributed by atoms with Crippen LogP contribution < -0.4 is 0 Å². The Balaban J connectivity index is 0.000000963. The summed E-state index contributed by atoms with van der Waals surface area (Å²) >= 11 is 0. The van der Waals surface area contributed by atoms with Gasteiger partial charge >= 0.3 is 0 Å². The van der Waals surface area contributed by atoms with E-state index in [0.29, 0.717) is 0 Å². The van der Waals surface area contributed by atoms with Crippen LogP contribution in [-0.2, 0) is 28.1 Å². The topological polar surface area (TPSA) is 0 Å². The van der Waals surface area contributed by atoms with E-state index < -0.39 is 0 Å². The standard InChI is InChI=1S/C15H13.Ti/c1-10-3-5-12-9-13-6-4-11(2)8-15(13)14(12)7-10;/h3-5,7-8H,9H2,1-2H3;/q-1;. The number of aryl methyl sites for hydroxylation is 2. The Morgan fingerprint density at radius 2 is 1.75 bits per heavy atom. The van der Waals surface area contributed by atoms with Gasteiger partial charge in [0.05, 0.1) is 0 Å². The number of hydrogen-bond donors (Lipinski definition) is 0. The maximum Gasteiger partial charge on any atom is 0 e. The van der Waals surface area contributed by atoms with Crippen LogP contribution in [-0.4, -0.2) is 0 Å². The first-order valence-corrected chi connectivity index (χ1v) is 5.35. The molecule has 0 radical (unpaired) electrons. The fraction of sp³-hybridized carbons (Fsp3) is 0.200. The van der Waals surface area contributed by atoms with E-state index in [1.165, 1.54) is 33.4 Å². The fourth-order valence-corrected chi connectivity index (χ4v) is 2.31. The summed E-state index contributed by atoms with van der Waals surface area (Å²) in [5.41, 5.74) is 8.21. The van der Waals surface area contributed by atoms with Gasteiger partial charge in [0.15, 0.2) is 0 Å². The molecule has 0 saturated heterocycles. The van der Waals surface area contributed by atoms with Crippen molar-refractivity contribution in [2.45, 2.75) is 20.3 Å². The molecule has 78 valence electrons. The van der Waals surface area contributed by atoms with Crippen molar-refractivity contribution in [3.05, 3.63) is 58.7 Å². The molecule has 1 heteroatoms. The van der Waals surface area contributed by atoms with Crippen LogP contribution in [0.3, 0.4) is 0 Å². The summed E-state index contributed by atoms with van der Waals surface area (Å²) in [4.78, 5) is 0. The van der Waals surface area contributed by atoms with Gasteiger partial charge in [-0.2, -0.15) is 29.3 Å². The summed E-state index contributed by atoms with van der Waals surface area (Å²) in [7, 11) is 0. The quantitative estimate of drug-likeness (QED) is 0.416. The minimum absolute atomic E-state index is 0. The number of hydrogen-bond acceptors (Lipinski definition) is 0. The van der Waals surface area contributed by atoms with Crippen molar-refractivity contribution in [1.29, 1.82) is 0 Å². The minimum Gasteiger partial charge on any atom is -0.179 e. The van der Waals surface area contributed by atoms with Crippen molar-refractivity contribution in [3.63, 3.8) is 0 Å². The monoisotopic (exact) mass is 241 g/mol. The maximum atomic E-state index is 3.38. The molecule has 2 aromatic rings. The smallest absolute Gasteiger partial charge is 0 e. The Bertz CT molecular complexity index is 492. The van der Waals surface area contributed by atoms with Crippen molar-refractivity contribution in [3.8, 4) is 11.1 Å². The molecule has 2 aromatic carbocycles. The Morgan fingerprint density at radius 1 is 1.00 bits per heavy atom. The van der Waals surface area contributed by atoms with E-state index in [2.05, 4.69) is 50.2 Å². The summed E-state index contributed by atoms with van der Waals surface area (Å²) in [5.74, 6) is 0. The van der Waals surface area contributed by atoms with Crippen LogP contribution in [0.1, 0.15) is 22.3 Å². The summed E-state index contributed by atoms with van der Waals surface area (Å²) in [6.07, 6.45) is 1.05. The second-order valence-electron chi connectivity index (χ2n) is 4.41. The molecule has 0 aliphatic heterocycles. The molecule has 1 aliphatic rings.